The van der Waals surface area contributed by atoms with Gasteiger partial charge in [0, 0.05) is 16.9 Å². The van der Waals surface area contributed by atoms with Gasteiger partial charge in [0.1, 0.15) is 0 Å². The molecular weight excluding hydrogens is 408 g/mol. The number of hydrogen-bond donors (Lipinski definition) is 2. The van der Waals surface area contributed by atoms with Crippen molar-refractivity contribution in [3.8, 4) is 0 Å². The number of aliphatic carboxylic acids is 1. The number of carboxylic acid groups (broad SMARTS) is 1. The van der Waals surface area contributed by atoms with Gasteiger partial charge in [0.2, 0.25) is 0 Å². The smallest absolute Gasteiger partial charge is 0.330 e. The molecule has 0 aromatic rings. The predicted molar refractivity (Wildman–Crippen MR) is 135 cm³/mol. The Kier molecular flexibility index (Phi) is 6.13. The lowest BCUT2D eigenvalue weighted by Gasteiger charge is -2.57. The molecule has 33 heavy (non-hydrogen) atoms. The highest BCUT2D eigenvalue weighted by Crippen LogP contribution is 2.68. The van der Waals surface area contributed by atoms with Gasteiger partial charge in [0.05, 0.1) is 6.10 Å². The van der Waals surface area contributed by atoms with E-state index in [2.05, 4.69) is 53.3 Å². The number of aliphatic hydroxyl groups is 1. The molecule has 4 rings (SSSR count). The quantitative estimate of drug-likeness (QED) is 0.346. The lowest BCUT2D eigenvalue weighted by atomic mass is 9.48. The molecule has 4 aliphatic rings. The highest BCUT2D eigenvalue weighted by molar-refractivity contribution is 5.85. The van der Waals surface area contributed by atoms with E-state index in [9.17, 15) is 9.90 Å². The SMILES string of the molecule is C=C1C([C@H](C)CC/C=C(/C)C(=O)O)CC[C@@]2(C)C3=CCC4C(C)(C)[C@@H](O)CC[C@]4(C)C3=CC12. The molecule has 3 heteroatoms. The largest absolute Gasteiger partial charge is 0.478 e. The number of carbonyl (C=O) groups is 1. The van der Waals surface area contributed by atoms with Crippen molar-refractivity contribution in [2.45, 2.75) is 92.6 Å². The van der Waals surface area contributed by atoms with Gasteiger partial charge >= 0.3 is 5.97 Å². The van der Waals surface area contributed by atoms with E-state index >= 15 is 0 Å². The van der Waals surface area contributed by atoms with Gasteiger partial charge in [-0.3, -0.25) is 0 Å². The van der Waals surface area contributed by atoms with Gasteiger partial charge in [-0.25, -0.2) is 4.79 Å². The van der Waals surface area contributed by atoms with E-state index in [1.165, 1.54) is 12.0 Å². The van der Waals surface area contributed by atoms with E-state index < -0.39 is 5.97 Å². The molecule has 2 N–H and O–H groups in total. The Morgan fingerprint density at radius 2 is 1.85 bits per heavy atom. The fourth-order valence-corrected chi connectivity index (χ4v) is 8.09. The van der Waals surface area contributed by atoms with Crippen LogP contribution in [0.4, 0.5) is 0 Å². The van der Waals surface area contributed by atoms with Crippen LogP contribution in [0.2, 0.25) is 0 Å². The van der Waals surface area contributed by atoms with Gasteiger partial charge in [-0.05, 0) is 91.6 Å². The highest BCUT2D eigenvalue weighted by Gasteiger charge is 2.59. The zero-order chi connectivity index (χ0) is 24.3. The van der Waals surface area contributed by atoms with Crippen molar-refractivity contribution in [1.82, 2.24) is 0 Å². The molecule has 3 nitrogen and oxygen atoms in total. The Balaban J connectivity index is 1.58. The first-order chi connectivity index (χ1) is 15.3. The minimum absolute atomic E-state index is 0.0692. The lowest BCUT2D eigenvalue weighted by Crippen LogP contribution is -2.52. The van der Waals surface area contributed by atoms with Crippen molar-refractivity contribution in [3.05, 3.63) is 47.1 Å². The molecule has 2 saturated carbocycles. The minimum atomic E-state index is -0.820. The number of hydrogen-bond acceptors (Lipinski definition) is 2. The third-order valence-corrected chi connectivity index (χ3v) is 10.5. The summed E-state index contributed by atoms with van der Waals surface area (Å²) in [6, 6.07) is 0. The molecule has 2 fully saturated rings. The van der Waals surface area contributed by atoms with Crippen LogP contribution in [-0.4, -0.2) is 22.3 Å². The number of rotatable bonds is 5. The molecule has 182 valence electrons. The van der Waals surface area contributed by atoms with Crippen LogP contribution in [0.1, 0.15) is 86.5 Å². The minimum Gasteiger partial charge on any atom is -0.478 e. The van der Waals surface area contributed by atoms with Gasteiger partial charge in [-0.2, -0.15) is 0 Å². The highest BCUT2D eigenvalue weighted by atomic mass is 16.4. The summed E-state index contributed by atoms with van der Waals surface area (Å²) in [5.41, 5.74) is 5.17. The summed E-state index contributed by atoms with van der Waals surface area (Å²) >= 11 is 0. The summed E-state index contributed by atoms with van der Waals surface area (Å²) in [5.74, 6) is 1.04. The molecule has 0 spiro atoms. The first-order valence-electron chi connectivity index (χ1n) is 13.0. The van der Waals surface area contributed by atoms with Crippen molar-refractivity contribution in [1.29, 1.82) is 0 Å². The maximum absolute atomic E-state index is 11.1. The summed E-state index contributed by atoms with van der Waals surface area (Å²) < 4.78 is 0. The molecular formula is C30H44O3. The van der Waals surface area contributed by atoms with Gasteiger partial charge < -0.3 is 10.2 Å². The molecule has 0 saturated heterocycles. The van der Waals surface area contributed by atoms with E-state index in [1.54, 1.807) is 18.1 Å². The standard InChI is InChI=1S/C30H44O3/c1-18(9-8-10-19(2)27(32)33)21-13-15-29(6)22-11-12-25-28(4,5)26(31)14-16-30(25,7)24(22)17-23(29)20(21)3/h10-11,17-18,21,23,25-26,31H,3,8-9,12-16H2,1-2,4-7H3,(H,32,33)/b19-10-/t18-,21?,23?,25?,26+,29+,30-/m1/s1. The fraction of sp³-hybridized carbons (Fsp3) is 0.700. The molecule has 0 aliphatic heterocycles. The summed E-state index contributed by atoms with van der Waals surface area (Å²) in [6.45, 7) is 18.1. The molecule has 4 aliphatic carbocycles. The number of allylic oxidation sites excluding steroid dienone is 6. The first kappa shape index (κ1) is 24.5. The molecule has 0 heterocycles. The molecule has 0 aromatic heterocycles. The van der Waals surface area contributed by atoms with Crippen LogP contribution in [0.25, 0.3) is 0 Å². The lowest BCUT2D eigenvalue weighted by molar-refractivity contribution is -0.132. The van der Waals surface area contributed by atoms with Crippen molar-refractivity contribution >= 4 is 5.97 Å². The topological polar surface area (TPSA) is 57.5 Å². The predicted octanol–water partition coefficient (Wildman–Crippen LogP) is 7.10. The Morgan fingerprint density at radius 1 is 1.18 bits per heavy atom. The Morgan fingerprint density at radius 3 is 2.52 bits per heavy atom. The van der Waals surface area contributed by atoms with Crippen molar-refractivity contribution < 1.29 is 15.0 Å². The third kappa shape index (κ3) is 3.70. The van der Waals surface area contributed by atoms with Crippen LogP contribution >= 0.6 is 0 Å². The normalized spacial score (nSPS) is 40.8. The number of fused-ring (bicyclic) bond motifs is 5. The second-order valence-electron chi connectivity index (χ2n) is 12.6. The van der Waals surface area contributed by atoms with Crippen molar-refractivity contribution in [3.63, 3.8) is 0 Å². The van der Waals surface area contributed by atoms with Crippen LogP contribution in [0, 0.1) is 39.9 Å². The number of aliphatic hydroxyl groups excluding tert-OH is 1. The second-order valence-corrected chi connectivity index (χ2v) is 12.6. The summed E-state index contributed by atoms with van der Waals surface area (Å²) in [5, 5.41) is 19.9. The van der Waals surface area contributed by atoms with Gasteiger partial charge in [0.15, 0.2) is 0 Å². The van der Waals surface area contributed by atoms with E-state index in [1.807, 2.05) is 6.08 Å². The number of carboxylic acids is 1. The maximum atomic E-state index is 11.1. The van der Waals surface area contributed by atoms with Crippen molar-refractivity contribution in [2.24, 2.45) is 39.9 Å². The summed E-state index contributed by atoms with van der Waals surface area (Å²) in [4.78, 5) is 11.1. The molecule has 0 bridgehead atoms. The second kappa shape index (κ2) is 8.26. The Hall–Kier alpha value is -1.61. The third-order valence-electron chi connectivity index (χ3n) is 10.5. The first-order valence-corrected chi connectivity index (χ1v) is 13.0. The van der Waals surface area contributed by atoms with Crippen molar-refractivity contribution in [2.75, 3.05) is 0 Å². The average Bonchev–Trinajstić information content (AvgIpc) is 3.06. The average molecular weight is 453 g/mol. The molecule has 3 unspecified atom stereocenters. The van der Waals surface area contributed by atoms with E-state index in [0.29, 0.717) is 29.2 Å². The van der Waals surface area contributed by atoms with E-state index in [0.717, 1.165) is 38.5 Å². The van der Waals surface area contributed by atoms with Crippen LogP contribution in [0.3, 0.4) is 0 Å². The van der Waals surface area contributed by atoms with Crippen LogP contribution < -0.4 is 0 Å². The van der Waals surface area contributed by atoms with E-state index in [-0.39, 0.29) is 22.3 Å². The maximum Gasteiger partial charge on any atom is 0.330 e. The van der Waals surface area contributed by atoms with Gasteiger partial charge in [0.25, 0.3) is 0 Å². The fourth-order valence-electron chi connectivity index (χ4n) is 8.09. The van der Waals surface area contributed by atoms with Gasteiger partial charge in [-0.15, -0.1) is 0 Å². The Labute approximate surface area is 200 Å². The van der Waals surface area contributed by atoms with Gasteiger partial charge in [-0.1, -0.05) is 65.0 Å². The van der Waals surface area contributed by atoms with Crippen LogP contribution in [-0.2, 0) is 4.79 Å². The summed E-state index contributed by atoms with van der Waals surface area (Å²) in [7, 11) is 0. The molecule has 0 amide bonds. The van der Waals surface area contributed by atoms with Crippen LogP contribution in [0.15, 0.2) is 47.1 Å². The monoisotopic (exact) mass is 452 g/mol. The Bertz CT molecular complexity index is 934. The van der Waals surface area contributed by atoms with E-state index in [4.69, 9.17) is 5.11 Å². The molecule has 0 aromatic carbocycles. The molecule has 0 radical (unpaired) electrons. The zero-order valence-electron chi connectivity index (χ0n) is 21.6. The molecule has 7 atom stereocenters. The van der Waals surface area contributed by atoms with Crippen LogP contribution in [0.5, 0.6) is 0 Å². The zero-order valence-corrected chi connectivity index (χ0v) is 21.6. The summed E-state index contributed by atoms with van der Waals surface area (Å²) in [6.07, 6.45) is 13.9.